The summed E-state index contributed by atoms with van der Waals surface area (Å²) in [5.41, 5.74) is 7.01. The highest BCUT2D eigenvalue weighted by molar-refractivity contribution is 7.10. The number of nitriles is 1. The van der Waals surface area contributed by atoms with Gasteiger partial charge in [0, 0.05) is 16.5 Å². The van der Waals surface area contributed by atoms with Gasteiger partial charge in [0.05, 0.1) is 21.0 Å². The maximum Gasteiger partial charge on any atom is 0.349 e. The van der Waals surface area contributed by atoms with E-state index < -0.39 is 12.6 Å². The van der Waals surface area contributed by atoms with E-state index in [1.807, 2.05) is 17.5 Å². The Labute approximate surface area is 222 Å². The summed E-state index contributed by atoms with van der Waals surface area (Å²) in [5.74, 6) is -0.722. The molecule has 12 heteroatoms. The highest BCUT2D eigenvalue weighted by Crippen LogP contribution is 2.48. The van der Waals surface area contributed by atoms with Gasteiger partial charge in [0.1, 0.15) is 33.2 Å². The molecule has 0 fully saturated rings. The Morgan fingerprint density at radius 3 is 2.38 bits per heavy atom. The maximum absolute atomic E-state index is 12.4. The molecule has 1 aliphatic rings. The number of allylic oxidation sites excluding steroid dienone is 1. The van der Waals surface area contributed by atoms with Gasteiger partial charge in [-0.2, -0.15) is 5.26 Å². The molecule has 1 aromatic heterocycles. The zero-order valence-corrected chi connectivity index (χ0v) is 21.3. The second-order valence-electron chi connectivity index (χ2n) is 6.80. The molecule has 0 amide bonds. The normalized spacial score (nSPS) is 14.8. The highest BCUT2D eigenvalue weighted by atomic mass is 35.5. The maximum atomic E-state index is 12.4. The largest absolute Gasteiger partial charge is 0.479 e. The van der Waals surface area contributed by atoms with E-state index in [-0.39, 0.29) is 48.4 Å². The minimum Gasteiger partial charge on any atom is -0.479 e. The molecular weight excluding hydrogens is 566 g/mol. The molecule has 1 atom stereocenters. The number of nitrogens with zero attached hydrogens (tertiary/aromatic N) is 1. The number of ether oxygens (including phenoxy) is 3. The SMILES string of the molecule is N#CC1=C(N)Oc2cc(OC(=O)COc3c(Cl)c(Cl)c(Cl)c(Cl)c3Cl)ccc2C1c1cccs1. The number of hydrogen-bond donors (Lipinski definition) is 1. The summed E-state index contributed by atoms with van der Waals surface area (Å²) in [4.78, 5) is 13.3. The molecule has 1 aliphatic heterocycles. The van der Waals surface area contributed by atoms with Crippen molar-refractivity contribution in [2.75, 3.05) is 6.61 Å². The lowest BCUT2D eigenvalue weighted by Gasteiger charge is -2.25. The Hall–Kier alpha value is -2.31. The number of fused-ring (bicyclic) bond motifs is 1. The number of rotatable bonds is 5. The van der Waals surface area contributed by atoms with Gasteiger partial charge in [-0.1, -0.05) is 70.1 Å². The number of nitrogens with two attached hydrogens (primary N) is 1. The van der Waals surface area contributed by atoms with E-state index in [4.69, 9.17) is 77.9 Å². The van der Waals surface area contributed by atoms with E-state index in [0.717, 1.165) is 4.88 Å². The molecule has 0 radical (unpaired) electrons. The van der Waals surface area contributed by atoms with Crippen LogP contribution in [0.1, 0.15) is 16.4 Å². The predicted molar refractivity (Wildman–Crippen MR) is 133 cm³/mol. The Balaban J connectivity index is 1.53. The van der Waals surface area contributed by atoms with E-state index in [9.17, 15) is 10.1 Å². The third-order valence-electron chi connectivity index (χ3n) is 4.75. The van der Waals surface area contributed by atoms with Crippen molar-refractivity contribution in [2.45, 2.75) is 5.92 Å². The quantitative estimate of drug-likeness (QED) is 0.149. The van der Waals surface area contributed by atoms with Crippen LogP contribution in [0.3, 0.4) is 0 Å². The van der Waals surface area contributed by atoms with Crippen molar-refractivity contribution in [3.05, 3.63) is 82.7 Å². The lowest BCUT2D eigenvalue weighted by atomic mass is 9.88. The van der Waals surface area contributed by atoms with Crippen LogP contribution in [0.4, 0.5) is 0 Å². The van der Waals surface area contributed by atoms with Crippen LogP contribution in [-0.2, 0) is 4.79 Å². The van der Waals surface area contributed by atoms with Crippen LogP contribution >= 0.6 is 69.3 Å². The Morgan fingerprint density at radius 2 is 1.76 bits per heavy atom. The van der Waals surface area contributed by atoms with Crippen molar-refractivity contribution in [1.29, 1.82) is 5.26 Å². The summed E-state index contributed by atoms with van der Waals surface area (Å²) in [6.07, 6.45) is 0. The van der Waals surface area contributed by atoms with Crippen LogP contribution in [0.5, 0.6) is 17.2 Å². The van der Waals surface area contributed by atoms with E-state index in [0.29, 0.717) is 16.9 Å². The van der Waals surface area contributed by atoms with Gasteiger partial charge in [-0.3, -0.25) is 0 Å². The number of hydrogen-bond acceptors (Lipinski definition) is 7. The number of halogens is 5. The molecule has 2 heterocycles. The molecule has 3 aromatic rings. The van der Waals surface area contributed by atoms with Crippen LogP contribution < -0.4 is 19.9 Å². The van der Waals surface area contributed by atoms with Crippen molar-refractivity contribution < 1.29 is 19.0 Å². The van der Waals surface area contributed by atoms with Gasteiger partial charge in [0.15, 0.2) is 12.4 Å². The fourth-order valence-electron chi connectivity index (χ4n) is 3.25. The molecule has 0 spiro atoms. The van der Waals surface area contributed by atoms with Gasteiger partial charge < -0.3 is 19.9 Å². The van der Waals surface area contributed by atoms with Gasteiger partial charge >= 0.3 is 5.97 Å². The summed E-state index contributed by atoms with van der Waals surface area (Å²) in [6.45, 7) is -0.551. The molecule has 0 saturated carbocycles. The molecular formula is C22H11Cl5N2O4S. The zero-order valence-electron chi connectivity index (χ0n) is 16.7. The number of carbonyl (C=O) groups is 1. The average molecular weight is 577 g/mol. The summed E-state index contributed by atoms with van der Waals surface area (Å²) < 4.78 is 16.3. The van der Waals surface area contributed by atoms with Crippen molar-refractivity contribution in [3.8, 4) is 23.3 Å². The first kappa shape index (κ1) is 24.8. The second kappa shape index (κ2) is 10.1. The molecule has 2 N–H and O–H groups in total. The molecule has 0 aliphatic carbocycles. The van der Waals surface area contributed by atoms with Crippen LogP contribution in [0.15, 0.2) is 47.2 Å². The summed E-state index contributed by atoms with van der Waals surface area (Å²) in [5, 5.41) is 11.2. The van der Waals surface area contributed by atoms with Gasteiger partial charge in [-0.15, -0.1) is 11.3 Å². The first-order valence-corrected chi connectivity index (χ1v) is 12.1. The standard InChI is InChI=1S/C22H11Cl5N2O4S/c23-16-17(24)19(26)21(20(27)18(16)25)31-8-14(30)32-9-3-4-10-12(6-9)33-22(29)11(7-28)15(10)13-2-1-5-34-13/h1-6,15H,8,29H2. The Morgan fingerprint density at radius 1 is 1.09 bits per heavy atom. The number of benzene rings is 2. The molecule has 4 rings (SSSR count). The predicted octanol–water partition coefficient (Wildman–Crippen LogP) is 7.22. The van der Waals surface area contributed by atoms with Gasteiger partial charge in [0.25, 0.3) is 0 Å². The number of esters is 1. The van der Waals surface area contributed by atoms with Gasteiger partial charge in [-0.05, 0) is 17.5 Å². The fourth-order valence-corrected chi connectivity index (χ4v) is 5.33. The number of thiophene rings is 1. The van der Waals surface area contributed by atoms with Crippen molar-refractivity contribution in [1.82, 2.24) is 0 Å². The topological polar surface area (TPSA) is 94.6 Å². The molecule has 0 bridgehead atoms. The molecule has 174 valence electrons. The lowest BCUT2D eigenvalue weighted by molar-refractivity contribution is -0.136. The molecule has 34 heavy (non-hydrogen) atoms. The Kier molecular flexibility index (Phi) is 7.39. The van der Waals surface area contributed by atoms with E-state index in [1.165, 1.54) is 17.4 Å². The van der Waals surface area contributed by atoms with Crippen LogP contribution in [-0.4, -0.2) is 12.6 Å². The molecule has 0 saturated heterocycles. The Bertz CT molecular complexity index is 1340. The monoisotopic (exact) mass is 574 g/mol. The second-order valence-corrected chi connectivity index (χ2v) is 9.67. The lowest BCUT2D eigenvalue weighted by Crippen LogP contribution is -2.21. The minimum absolute atomic E-state index is 0.0130. The highest BCUT2D eigenvalue weighted by Gasteiger charge is 2.31. The van der Waals surface area contributed by atoms with Gasteiger partial charge in [0.2, 0.25) is 5.88 Å². The minimum atomic E-state index is -0.763. The molecule has 1 unspecified atom stereocenters. The first-order valence-electron chi connectivity index (χ1n) is 9.32. The van der Waals surface area contributed by atoms with Gasteiger partial charge in [-0.25, -0.2) is 4.79 Å². The van der Waals surface area contributed by atoms with Crippen LogP contribution in [0.25, 0.3) is 0 Å². The van der Waals surface area contributed by atoms with E-state index in [2.05, 4.69) is 6.07 Å². The van der Waals surface area contributed by atoms with Crippen molar-refractivity contribution >= 4 is 75.3 Å². The average Bonchev–Trinajstić information content (AvgIpc) is 3.35. The molecule has 2 aromatic carbocycles. The smallest absolute Gasteiger partial charge is 0.349 e. The number of carbonyl (C=O) groups excluding carboxylic acids is 1. The summed E-state index contributed by atoms with van der Waals surface area (Å²) >= 11 is 31.6. The van der Waals surface area contributed by atoms with E-state index >= 15 is 0 Å². The molecule has 6 nitrogen and oxygen atoms in total. The zero-order chi connectivity index (χ0) is 24.6. The fraction of sp³-hybridized carbons (Fsp3) is 0.0909. The first-order chi connectivity index (χ1) is 16.2. The van der Waals surface area contributed by atoms with Crippen LogP contribution in [0, 0.1) is 11.3 Å². The third kappa shape index (κ3) is 4.63. The van der Waals surface area contributed by atoms with Crippen LogP contribution in [0.2, 0.25) is 25.1 Å². The summed E-state index contributed by atoms with van der Waals surface area (Å²) in [7, 11) is 0. The van der Waals surface area contributed by atoms with Crippen molar-refractivity contribution in [3.63, 3.8) is 0 Å². The third-order valence-corrected chi connectivity index (χ3v) is 7.93. The summed E-state index contributed by atoms with van der Waals surface area (Å²) in [6, 6.07) is 10.7. The van der Waals surface area contributed by atoms with E-state index in [1.54, 1.807) is 12.1 Å². The van der Waals surface area contributed by atoms with Crippen molar-refractivity contribution in [2.24, 2.45) is 5.73 Å².